The van der Waals surface area contributed by atoms with E-state index < -0.39 is 0 Å². The molecule has 1 N–H and O–H groups in total. The zero-order valence-corrected chi connectivity index (χ0v) is 18.4. The van der Waals surface area contributed by atoms with Crippen molar-refractivity contribution >= 4 is 5.69 Å². The van der Waals surface area contributed by atoms with Crippen molar-refractivity contribution in [3.63, 3.8) is 0 Å². The van der Waals surface area contributed by atoms with Gasteiger partial charge in [-0.05, 0) is 54.7 Å². The zero-order valence-electron chi connectivity index (χ0n) is 18.4. The van der Waals surface area contributed by atoms with E-state index in [4.69, 9.17) is 14.2 Å². The van der Waals surface area contributed by atoms with Crippen molar-refractivity contribution < 1.29 is 14.2 Å². The van der Waals surface area contributed by atoms with E-state index in [0.29, 0.717) is 19.8 Å². The average Bonchev–Trinajstić information content (AvgIpc) is 3.49. The molecule has 0 amide bonds. The van der Waals surface area contributed by atoms with Gasteiger partial charge in [0.2, 0.25) is 0 Å². The van der Waals surface area contributed by atoms with E-state index in [-0.39, 0.29) is 12.2 Å². The van der Waals surface area contributed by atoms with Gasteiger partial charge in [-0.3, -0.25) is 0 Å². The number of hydrogen-bond acceptors (Lipinski definition) is 4. The molecule has 2 aliphatic rings. The van der Waals surface area contributed by atoms with E-state index in [0.717, 1.165) is 17.9 Å². The molecule has 4 nitrogen and oxygen atoms in total. The number of fused-ring (bicyclic) bond motifs is 1. The molecule has 2 aliphatic heterocycles. The van der Waals surface area contributed by atoms with Gasteiger partial charge in [0.1, 0.15) is 5.75 Å². The Labute approximate surface area is 184 Å². The van der Waals surface area contributed by atoms with Crippen LogP contribution in [0.4, 0.5) is 5.69 Å². The van der Waals surface area contributed by atoms with Crippen LogP contribution in [0.15, 0.2) is 54.6 Å². The van der Waals surface area contributed by atoms with Crippen LogP contribution >= 0.6 is 0 Å². The van der Waals surface area contributed by atoms with Crippen molar-refractivity contribution in [2.24, 2.45) is 0 Å². The van der Waals surface area contributed by atoms with Crippen LogP contribution in [0, 0.1) is 20.8 Å². The Morgan fingerprint density at radius 3 is 2.35 bits per heavy atom. The van der Waals surface area contributed by atoms with Gasteiger partial charge in [-0.1, -0.05) is 48.5 Å². The lowest BCUT2D eigenvalue weighted by atomic mass is 9.86. The highest BCUT2D eigenvalue weighted by molar-refractivity contribution is 5.70. The molecule has 1 atom stereocenters. The summed E-state index contributed by atoms with van der Waals surface area (Å²) in [7, 11) is 0. The summed E-state index contributed by atoms with van der Waals surface area (Å²) in [6.45, 7) is 9.33. The Bertz CT molecular complexity index is 1090. The first-order chi connectivity index (χ1) is 15.1. The molecule has 0 radical (unpaired) electrons. The van der Waals surface area contributed by atoms with E-state index in [9.17, 15) is 0 Å². The number of nitrogens with one attached hydrogen (secondary N) is 1. The van der Waals surface area contributed by atoms with Crippen molar-refractivity contribution in [2.45, 2.75) is 39.5 Å². The maximum Gasteiger partial charge on any atom is 0.184 e. The third-order valence-electron chi connectivity index (χ3n) is 6.56. The third-order valence-corrected chi connectivity index (χ3v) is 6.56. The van der Waals surface area contributed by atoms with Crippen LogP contribution < -0.4 is 10.1 Å². The lowest BCUT2D eigenvalue weighted by molar-refractivity contribution is -0.0441. The minimum atomic E-state index is -0.259. The predicted molar refractivity (Wildman–Crippen MR) is 123 cm³/mol. The number of anilines is 1. The van der Waals surface area contributed by atoms with Gasteiger partial charge in [0, 0.05) is 29.3 Å². The second-order valence-electron chi connectivity index (χ2n) is 8.44. The van der Waals surface area contributed by atoms with E-state index in [1.807, 2.05) is 0 Å². The first-order valence-corrected chi connectivity index (χ1v) is 11.0. The largest absolute Gasteiger partial charge is 0.492 e. The fraction of sp³-hybridized carbons (Fsp3) is 0.333. The minimum Gasteiger partial charge on any atom is -0.492 e. The predicted octanol–water partition coefficient (Wildman–Crippen LogP) is 5.79. The SMILES string of the molecule is Cc1c(C)c2c(c(C)c1NCc1ccccc1)C(c1cccc(C3OCCO3)c1)CO2. The van der Waals surface area contributed by atoms with Crippen molar-refractivity contribution in [1.82, 2.24) is 0 Å². The lowest BCUT2D eigenvalue weighted by Crippen LogP contribution is -2.09. The zero-order chi connectivity index (χ0) is 21.4. The molecule has 31 heavy (non-hydrogen) atoms. The fourth-order valence-corrected chi connectivity index (χ4v) is 4.79. The Morgan fingerprint density at radius 1 is 0.839 bits per heavy atom. The van der Waals surface area contributed by atoms with Gasteiger partial charge >= 0.3 is 0 Å². The van der Waals surface area contributed by atoms with E-state index in [1.165, 1.54) is 39.1 Å². The summed E-state index contributed by atoms with van der Waals surface area (Å²) in [5.74, 6) is 1.25. The van der Waals surface area contributed by atoms with Crippen molar-refractivity contribution in [3.8, 4) is 5.75 Å². The molecule has 1 unspecified atom stereocenters. The van der Waals surface area contributed by atoms with Crippen LogP contribution in [0.3, 0.4) is 0 Å². The van der Waals surface area contributed by atoms with Crippen LogP contribution in [0.5, 0.6) is 5.75 Å². The molecular weight excluding hydrogens is 386 g/mol. The molecule has 0 aromatic heterocycles. The highest BCUT2D eigenvalue weighted by atomic mass is 16.7. The van der Waals surface area contributed by atoms with Crippen LogP contribution in [0.1, 0.15) is 51.2 Å². The molecule has 0 spiro atoms. The summed E-state index contributed by atoms with van der Waals surface area (Å²) in [5.41, 5.74) is 9.86. The van der Waals surface area contributed by atoms with Gasteiger partial charge in [-0.2, -0.15) is 0 Å². The topological polar surface area (TPSA) is 39.7 Å². The summed E-state index contributed by atoms with van der Waals surface area (Å²) in [6, 6.07) is 19.1. The van der Waals surface area contributed by atoms with Gasteiger partial charge < -0.3 is 19.5 Å². The Balaban J connectivity index is 1.50. The normalized spacial score (nSPS) is 18.1. The number of benzene rings is 3. The summed E-state index contributed by atoms with van der Waals surface area (Å²) in [6.07, 6.45) is -0.259. The summed E-state index contributed by atoms with van der Waals surface area (Å²) in [5, 5.41) is 3.70. The first kappa shape index (κ1) is 20.1. The van der Waals surface area contributed by atoms with Gasteiger partial charge in [-0.25, -0.2) is 0 Å². The molecule has 4 heteroatoms. The molecule has 1 fully saturated rings. The van der Waals surface area contributed by atoms with Gasteiger partial charge in [-0.15, -0.1) is 0 Å². The molecule has 2 heterocycles. The smallest absolute Gasteiger partial charge is 0.184 e. The first-order valence-electron chi connectivity index (χ1n) is 11.0. The second kappa shape index (κ2) is 8.37. The molecule has 1 saturated heterocycles. The Morgan fingerprint density at radius 2 is 1.58 bits per heavy atom. The molecular formula is C27H29NO3. The molecule has 3 aromatic rings. The quantitative estimate of drug-likeness (QED) is 0.572. The second-order valence-corrected chi connectivity index (χ2v) is 8.44. The van der Waals surface area contributed by atoms with Gasteiger partial charge in [0.05, 0.1) is 19.8 Å². The molecule has 0 bridgehead atoms. The maximum absolute atomic E-state index is 6.25. The number of rotatable bonds is 5. The fourth-order valence-electron chi connectivity index (χ4n) is 4.79. The summed E-state index contributed by atoms with van der Waals surface area (Å²) < 4.78 is 17.7. The van der Waals surface area contributed by atoms with Crippen molar-refractivity contribution in [2.75, 3.05) is 25.1 Å². The maximum atomic E-state index is 6.25. The highest BCUT2D eigenvalue weighted by Crippen LogP contribution is 2.47. The molecule has 3 aromatic carbocycles. The summed E-state index contributed by atoms with van der Waals surface area (Å²) in [4.78, 5) is 0. The van der Waals surface area contributed by atoms with Crippen molar-refractivity contribution in [1.29, 1.82) is 0 Å². The van der Waals surface area contributed by atoms with Crippen molar-refractivity contribution in [3.05, 3.63) is 93.5 Å². The number of hydrogen-bond donors (Lipinski definition) is 1. The summed E-state index contributed by atoms with van der Waals surface area (Å²) >= 11 is 0. The molecule has 5 rings (SSSR count). The molecule has 160 valence electrons. The Hall–Kier alpha value is -2.82. The highest BCUT2D eigenvalue weighted by Gasteiger charge is 2.32. The standard InChI is InChI=1S/C27H29NO3/c1-17-18(2)26-24(19(3)25(17)28-15-20-8-5-4-6-9-20)23(16-31-26)21-10-7-11-22(14-21)27-29-12-13-30-27/h4-11,14,23,27-28H,12-13,15-16H2,1-3H3. The molecule has 0 saturated carbocycles. The monoisotopic (exact) mass is 415 g/mol. The Kier molecular flexibility index (Phi) is 5.43. The van der Waals surface area contributed by atoms with Gasteiger partial charge in [0.25, 0.3) is 0 Å². The average molecular weight is 416 g/mol. The van der Waals surface area contributed by atoms with Crippen LogP contribution in [-0.2, 0) is 16.0 Å². The minimum absolute atomic E-state index is 0.202. The van der Waals surface area contributed by atoms with E-state index >= 15 is 0 Å². The lowest BCUT2D eigenvalue weighted by Gasteiger charge is -2.21. The van der Waals surface area contributed by atoms with Crippen LogP contribution in [0.2, 0.25) is 0 Å². The van der Waals surface area contributed by atoms with Crippen LogP contribution in [0.25, 0.3) is 0 Å². The van der Waals surface area contributed by atoms with E-state index in [1.54, 1.807) is 0 Å². The molecule has 0 aliphatic carbocycles. The third kappa shape index (κ3) is 3.71. The van der Waals surface area contributed by atoms with Gasteiger partial charge in [0.15, 0.2) is 6.29 Å². The van der Waals surface area contributed by atoms with Crippen LogP contribution in [-0.4, -0.2) is 19.8 Å². The van der Waals surface area contributed by atoms with E-state index in [2.05, 4.69) is 80.7 Å². The number of ether oxygens (including phenoxy) is 3.